The average Bonchev–Trinajstić information content (AvgIpc) is 2.32. The molecule has 0 spiro atoms. The van der Waals surface area contributed by atoms with Crippen molar-refractivity contribution in [2.45, 2.75) is 25.8 Å². The van der Waals surface area contributed by atoms with E-state index in [0.717, 1.165) is 12.1 Å². The topological polar surface area (TPSA) is 32.5 Å². The van der Waals surface area contributed by atoms with Crippen molar-refractivity contribution in [1.82, 2.24) is 9.80 Å². The van der Waals surface area contributed by atoms with Gasteiger partial charge in [-0.05, 0) is 51.1 Å². The van der Waals surface area contributed by atoms with Crippen molar-refractivity contribution in [3.05, 3.63) is 29.8 Å². The standard InChI is InChI=1S/C15H25N3/c1-13-12-17(2)9-10-18(13)8-4-6-14-5-3-7-15(16)11-14/h3,5,7,11,13H,4,6,8-10,12,16H2,1-2H3. The first-order valence-corrected chi connectivity index (χ1v) is 6.92. The molecule has 0 bridgehead atoms. The minimum Gasteiger partial charge on any atom is -0.399 e. The summed E-state index contributed by atoms with van der Waals surface area (Å²) in [7, 11) is 2.21. The van der Waals surface area contributed by atoms with Crippen LogP contribution in [0.5, 0.6) is 0 Å². The summed E-state index contributed by atoms with van der Waals surface area (Å²) >= 11 is 0. The number of anilines is 1. The molecule has 1 unspecified atom stereocenters. The van der Waals surface area contributed by atoms with E-state index in [1.165, 1.54) is 38.2 Å². The molecule has 1 aliphatic heterocycles. The second kappa shape index (κ2) is 6.21. The number of piperazine rings is 1. The Labute approximate surface area is 111 Å². The smallest absolute Gasteiger partial charge is 0.0316 e. The van der Waals surface area contributed by atoms with E-state index in [1.807, 2.05) is 12.1 Å². The fourth-order valence-corrected chi connectivity index (χ4v) is 2.74. The Balaban J connectivity index is 1.75. The zero-order chi connectivity index (χ0) is 13.0. The Kier molecular flexibility index (Phi) is 4.61. The maximum atomic E-state index is 5.79. The molecule has 0 radical (unpaired) electrons. The van der Waals surface area contributed by atoms with Crippen molar-refractivity contribution in [2.75, 3.05) is 39.0 Å². The number of aryl methyl sites for hydroxylation is 1. The summed E-state index contributed by atoms with van der Waals surface area (Å²) in [5, 5.41) is 0. The minimum atomic E-state index is 0.685. The maximum Gasteiger partial charge on any atom is 0.0316 e. The lowest BCUT2D eigenvalue weighted by molar-refractivity contribution is 0.0992. The highest BCUT2D eigenvalue weighted by atomic mass is 15.3. The van der Waals surface area contributed by atoms with Gasteiger partial charge in [-0.3, -0.25) is 4.90 Å². The molecule has 2 rings (SSSR count). The van der Waals surface area contributed by atoms with Crippen LogP contribution in [0.25, 0.3) is 0 Å². The number of nitrogen functional groups attached to an aromatic ring is 1. The van der Waals surface area contributed by atoms with E-state index in [0.29, 0.717) is 6.04 Å². The van der Waals surface area contributed by atoms with E-state index in [9.17, 15) is 0 Å². The number of nitrogens with two attached hydrogens (primary N) is 1. The molecule has 0 aromatic heterocycles. The summed E-state index contributed by atoms with van der Waals surface area (Å²) in [5.74, 6) is 0. The molecule has 2 N–H and O–H groups in total. The summed E-state index contributed by atoms with van der Waals surface area (Å²) in [5.41, 5.74) is 8.03. The highest BCUT2D eigenvalue weighted by Crippen LogP contribution is 2.12. The van der Waals surface area contributed by atoms with E-state index in [2.05, 4.69) is 35.9 Å². The van der Waals surface area contributed by atoms with Crippen molar-refractivity contribution >= 4 is 5.69 Å². The molecule has 3 nitrogen and oxygen atoms in total. The zero-order valence-corrected chi connectivity index (χ0v) is 11.6. The van der Waals surface area contributed by atoms with Gasteiger partial charge in [0.2, 0.25) is 0 Å². The Morgan fingerprint density at radius 1 is 1.33 bits per heavy atom. The quantitative estimate of drug-likeness (QED) is 0.824. The fourth-order valence-electron chi connectivity index (χ4n) is 2.74. The van der Waals surface area contributed by atoms with Gasteiger partial charge in [0.1, 0.15) is 0 Å². The van der Waals surface area contributed by atoms with Gasteiger partial charge in [-0.1, -0.05) is 12.1 Å². The van der Waals surface area contributed by atoms with Crippen LogP contribution in [-0.4, -0.2) is 49.1 Å². The van der Waals surface area contributed by atoms with Gasteiger partial charge in [0.25, 0.3) is 0 Å². The molecule has 0 amide bonds. The molecule has 1 fully saturated rings. The Morgan fingerprint density at radius 2 is 2.17 bits per heavy atom. The van der Waals surface area contributed by atoms with E-state index in [4.69, 9.17) is 5.73 Å². The van der Waals surface area contributed by atoms with Crippen LogP contribution in [-0.2, 0) is 6.42 Å². The monoisotopic (exact) mass is 247 g/mol. The van der Waals surface area contributed by atoms with Crippen molar-refractivity contribution in [3.63, 3.8) is 0 Å². The predicted molar refractivity (Wildman–Crippen MR) is 77.7 cm³/mol. The van der Waals surface area contributed by atoms with Gasteiger partial charge in [-0.15, -0.1) is 0 Å². The summed E-state index contributed by atoms with van der Waals surface area (Å²) in [6.07, 6.45) is 2.35. The van der Waals surface area contributed by atoms with E-state index in [-0.39, 0.29) is 0 Å². The Bertz CT molecular complexity index is 378. The third-order valence-electron chi connectivity index (χ3n) is 3.83. The van der Waals surface area contributed by atoms with Crippen LogP contribution in [0.15, 0.2) is 24.3 Å². The van der Waals surface area contributed by atoms with E-state index < -0.39 is 0 Å². The molecule has 100 valence electrons. The lowest BCUT2D eigenvalue weighted by atomic mass is 10.1. The molecular formula is C15H25N3. The average molecular weight is 247 g/mol. The predicted octanol–water partition coefficient (Wildman–Crippen LogP) is 1.84. The molecule has 0 aliphatic carbocycles. The van der Waals surface area contributed by atoms with Crippen LogP contribution in [0, 0.1) is 0 Å². The highest BCUT2D eigenvalue weighted by molar-refractivity contribution is 5.40. The first kappa shape index (κ1) is 13.4. The van der Waals surface area contributed by atoms with Crippen LogP contribution in [0.1, 0.15) is 18.9 Å². The normalized spacial score (nSPS) is 22.2. The molecule has 1 aromatic rings. The number of likely N-dealkylation sites (N-methyl/N-ethyl adjacent to an activating group) is 1. The number of benzene rings is 1. The second-order valence-electron chi connectivity index (χ2n) is 5.50. The van der Waals surface area contributed by atoms with Gasteiger partial charge in [0.05, 0.1) is 0 Å². The third-order valence-corrected chi connectivity index (χ3v) is 3.83. The van der Waals surface area contributed by atoms with Crippen LogP contribution in [0.4, 0.5) is 5.69 Å². The molecule has 1 saturated heterocycles. The summed E-state index contributed by atoms with van der Waals surface area (Å²) in [6, 6.07) is 8.94. The van der Waals surface area contributed by atoms with Crippen LogP contribution < -0.4 is 5.73 Å². The maximum absolute atomic E-state index is 5.79. The Morgan fingerprint density at radius 3 is 2.89 bits per heavy atom. The van der Waals surface area contributed by atoms with Gasteiger partial charge < -0.3 is 10.6 Å². The van der Waals surface area contributed by atoms with Crippen molar-refractivity contribution < 1.29 is 0 Å². The molecule has 3 heteroatoms. The third kappa shape index (κ3) is 3.72. The lowest BCUT2D eigenvalue weighted by Gasteiger charge is -2.38. The number of nitrogens with zero attached hydrogens (tertiary/aromatic N) is 2. The molecule has 1 aromatic carbocycles. The van der Waals surface area contributed by atoms with Crippen molar-refractivity contribution in [2.24, 2.45) is 0 Å². The van der Waals surface area contributed by atoms with Gasteiger partial charge >= 0.3 is 0 Å². The van der Waals surface area contributed by atoms with Gasteiger partial charge in [0.15, 0.2) is 0 Å². The van der Waals surface area contributed by atoms with Crippen LogP contribution >= 0.6 is 0 Å². The van der Waals surface area contributed by atoms with E-state index in [1.54, 1.807) is 0 Å². The van der Waals surface area contributed by atoms with Gasteiger partial charge in [-0.2, -0.15) is 0 Å². The molecule has 1 aliphatic rings. The van der Waals surface area contributed by atoms with Crippen LogP contribution in [0.2, 0.25) is 0 Å². The molecule has 1 heterocycles. The largest absolute Gasteiger partial charge is 0.399 e. The molecule has 1 atom stereocenters. The number of rotatable bonds is 4. The fraction of sp³-hybridized carbons (Fsp3) is 0.600. The SMILES string of the molecule is CC1CN(C)CCN1CCCc1cccc(N)c1. The minimum absolute atomic E-state index is 0.685. The highest BCUT2D eigenvalue weighted by Gasteiger charge is 2.20. The Hall–Kier alpha value is -1.06. The molecule has 18 heavy (non-hydrogen) atoms. The number of hydrogen-bond acceptors (Lipinski definition) is 3. The first-order chi connectivity index (χ1) is 8.65. The molecule has 0 saturated carbocycles. The van der Waals surface area contributed by atoms with Gasteiger partial charge in [0, 0.05) is 31.4 Å². The van der Waals surface area contributed by atoms with E-state index >= 15 is 0 Å². The van der Waals surface area contributed by atoms with Crippen molar-refractivity contribution in [3.8, 4) is 0 Å². The molecular weight excluding hydrogens is 222 g/mol. The lowest BCUT2D eigenvalue weighted by Crippen LogP contribution is -2.50. The van der Waals surface area contributed by atoms with Crippen molar-refractivity contribution in [1.29, 1.82) is 0 Å². The van der Waals surface area contributed by atoms with Gasteiger partial charge in [-0.25, -0.2) is 0 Å². The summed E-state index contributed by atoms with van der Waals surface area (Å²) in [4.78, 5) is 5.02. The second-order valence-corrected chi connectivity index (χ2v) is 5.50. The van der Waals surface area contributed by atoms with Crippen LogP contribution in [0.3, 0.4) is 0 Å². The summed E-state index contributed by atoms with van der Waals surface area (Å²) < 4.78 is 0. The zero-order valence-electron chi connectivity index (χ0n) is 11.6. The summed E-state index contributed by atoms with van der Waals surface area (Å²) in [6.45, 7) is 7.12. The first-order valence-electron chi connectivity index (χ1n) is 6.92. The number of hydrogen-bond donors (Lipinski definition) is 1.